The highest BCUT2D eigenvalue weighted by Crippen LogP contribution is 2.26. The van der Waals surface area contributed by atoms with Crippen LogP contribution in [0.15, 0.2) is 16.6 Å². The molecule has 0 heterocycles. The van der Waals surface area contributed by atoms with E-state index >= 15 is 0 Å². The number of benzene rings is 1. The molecule has 0 radical (unpaired) electrons. The number of hydrogen-bond donors (Lipinski definition) is 3. The Balaban J connectivity index is 2.63. The number of nitrogen functional groups attached to an aromatic ring is 1. The maximum absolute atomic E-state index is 13.4. The van der Waals surface area contributed by atoms with E-state index in [1.165, 1.54) is 12.1 Å². The predicted molar refractivity (Wildman–Crippen MR) is 76.5 cm³/mol. The first-order chi connectivity index (χ1) is 8.95. The quantitative estimate of drug-likeness (QED) is 0.547. The fourth-order valence-electron chi connectivity index (χ4n) is 1.42. The third-order valence-corrected chi connectivity index (χ3v) is 3.07. The molecule has 4 N–H and O–H groups in total. The molecule has 1 aromatic carbocycles. The zero-order valence-electron chi connectivity index (χ0n) is 10.8. The summed E-state index contributed by atoms with van der Waals surface area (Å²) in [5.74, 6) is -0.650. The van der Waals surface area contributed by atoms with Crippen LogP contribution >= 0.6 is 15.9 Å². The second-order valence-corrected chi connectivity index (χ2v) is 4.86. The number of rotatable bonds is 6. The van der Waals surface area contributed by atoms with E-state index in [4.69, 9.17) is 10.5 Å². The van der Waals surface area contributed by atoms with Crippen molar-refractivity contribution in [2.75, 3.05) is 31.3 Å². The SMILES string of the molecule is COCCNC(=O)C(C)Nc1cc(F)c(Br)cc1N. The summed E-state index contributed by atoms with van der Waals surface area (Å²) in [5.41, 5.74) is 6.50. The average Bonchev–Trinajstić information content (AvgIpc) is 2.36. The third kappa shape index (κ3) is 4.68. The number of nitrogens with two attached hydrogens (primary N) is 1. The number of ether oxygens (including phenoxy) is 1. The van der Waals surface area contributed by atoms with Crippen LogP contribution in [-0.2, 0) is 9.53 Å². The van der Waals surface area contributed by atoms with Crippen molar-refractivity contribution in [2.45, 2.75) is 13.0 Å². The minimum atomic E-state index is -0.528. The van der Waals surface area contributed by atoms with Crippen molar-refractivity contribution in [3.8, 4) is 0 Å². The summed E-state index contributed by atoms with van der Waals surface area (Å²) < 4.78 is 18.5. The molecule has 0 spiro atoms. The number of nitrogens with one attached hydrogen (secondary N) is 2. The van der Waals surface area contributed by atoms with E-state index in [1.54, 1.807) is 14.0 Å². The maximum atomic E-state index is 13.4. The van der Waals surface area contributed by atoms with Gasteiger partial charge in [-0.3, -0.25) is 4.79 Å². The van der Waals surface area contributed by atoms with Gasteiger partial charge in [0.15, 0.2) is 0 Å². The molecule has 1 atom stereocenters. The zero-order valence-corrected chi connectivity index (χ0v) is 12.4. The number of hydrogen-bond acceptors (Lipinski definition) is 4. The van der Waals surface area contributed by atoms with E-state index in [2.05, 4.69) is 26.6 Å². The van der Waals surface area contributed by atoms with Crippen molar-refractivity contribution in [1.29, 1.82) is 0 Å². The van der Waals surface area contributed by atoms with Crippen LogP contribution in [0.1, 0.15) is 6.92 Å². The highest BCUT2D eigenvalue weighted by Gasteiger charge is 2.14. The van der Waals surface area contributed by atoms with Gasteiger partial charge >= 0.3 is 0 Å². The molecule has 19 heavy (non-hydrogen) atoms. The van der Waals surface area contributed by atoms with Crippen molar-refractivity contribution < 1.29 is 13.9 Å². The van der Waals surface area contributed by atoms with Crippen molar-refractivity contribution in [1.82, 2.24) is 5.32 Å². The molecule has 0 aliphatic heterocycles. The molecule has 0 aliphatic rings. The molecule has 1 aromatic rings. The Morgan fingerprint density at radius 1 is 1.58 bits per heavy atom. The second-order valence-electron chi connectivity index (χ2n) is 4.00. The van der Waals surface area contributed by atoms with E-state index < -0.39 is 11.9 Å². The minimum Gasteiger partial charge on any atom is -0.397 e. The Kier molecular flexibility index (Phi) is 6.04. The van der Waals surface area contributed by atoms with Gasteiger partial charge in [-0.15, -0.1) is 0 Å². The molecule has 0 saturated heterocycles. The summed E-state index contributed by atoms with van der Waals surface area (Å²) in [6.07, 6.45) is 0. The highest BCUT2D eigenvalue weighted by atomic mass is 79.9. The van der Waals surface area contributed by atoms with Gasteiger partial charge in [-0.1, -0.05) is 0 Å². The monoisotopic (exact) mass is 333 g/mol. The number of amides is 1. The molecular weight excluding hydrogens is 317 g/mol. The number of halogens is 2. The van der Waals surface area contributed by atoms with Gasteiger partial charge in [-0.2, -0.15) is 0 Å². The molecule has 0 aromatic heterocycles. The Morgan fingerprint density at radius 3 is 2.89 bits per heavy atom. The summed E-state index contributed by atoms with van der Waals surface area (Å²) in [6, 6.07) is 2.17. The average molecular weight is 334 g/mol. The van der Waals surface area contributed by atoms with Crippen LogP contribution in [0.2, 0.25) is 0 Å². The van der Waals surface area contributed by atoms with Crippen LogP contribution in [0, 0.1) is 5.82 Å². The van der Waals surface area contributed by atoms with Crippen molar-refractivity contribution >= 4 is 33.2 Å². The lowest BCUT2D eigenvalue weighted by Crippen LogP contribution is -2.39. The van der Waals surface area contributed by atoms with E-state index in [0.29, 0.717) is 24.5 Å². The van der Waals surface area contributed by atoms with Crippen molar-refractivity contribution in [3.05, 3.63) is 22.4 Å². The molecule has 0 saturated carbocycles. The molecule has 5 nitrogen and oxygen atoms in total. The lowest BCUT2D eigenvalue weighted by Gasteiger charge is -2.17. The number of carbonyl (C=O) groups excluding carboxylic acids is 1. The maximum Gasteiger partial charge on any atom is 0.242 e. The number of methoxy groups -OCH3 is 1. The van der Waals surface area contributed by atoms with Crippen LogP contribution < -0.4 is 16.4 Å². The lowest BCUT2D eigenvalue weighted by molar-refractivity contribution is -0.121. The van der Waals surface area contributed by atoms with Gasteiger partial charge in [0.05, 0.1) is 22.5 Å². The van der Waals surface area contributed by atoms with Crippen LogP contribution in [0.3, 0.4) is 0 Å². The van der Waals surface area contributed by atoms with E-state index in [9.17, 15) is 9.18 Å². The number of carbonyl (C=O) groups is 1. The molecular formula is C12H17BrFN3O2. The summed E-state index contributed by atoms with van der Waals surface area (Å²) in [7, 11) is 1.55. The van der Waals surface area contributed by atoms with Crippen molar-refractivity contribution in [3.63, 3.8) is 0 Å². The minimum absolute atomic E-state index is 0.209. The van der Waals surface area contributed by atoms with E-state index in [-0.39, 0.29) is 10.4 Å². The number of anilines is 2. The van der Waals surface area contributed by atoms with Gasteiger partial charge in [0.1, 0.15) is 11.9 Å². The first-order valence-electron chi connectivity index (χ1n) is 5.73. The molecule has 1 amide bonds. The smallest absolute Gasteiger partial charge is 0.242 e. The third-order valence-electron chi connectivity index (χ3n) is 2.46. The molecule has 0 bridgehead atoms. The molecule has 0 aliphatic carbocycles. The Labute approximate surface area is 119 Å². The normalized spacial score (nSPS) is 12.0. The predicted octanol–water partition coefficient (Wildman–Crippen LogP) is 1.73. The fraction of sp³-hybridized carbons (Fsp3) is 0.417. The lowest BCUT2D eigenvalue weighted by atomic mass is 10.2. The summed E-state index contributed by atoms with van der Waals surface area (Å²) in [6.45, 7) is 2.53. The largest absolute Gasteiger partial charge is 0.397 e. The first-order valence-corrected chi connectivity index (χ1v) is 6.52. The zero-order chi connectivity index (χ0) is 14.4. The van der Waals surface area contributed by atoms with Gasteiger partial charge in [0.25, 0.3) is 0 Å². The van der Waals surface area contributed by atoms with Crippen LogP contribution in [0.25, 0.3) is 0 Å². The molecule has 1 unspecified atom stereocenters. The second kappa shape index (κ2) is 7.30. The van der Waals surface area contributed by atoms with Gasteiger partial charge in [-0.25, -0.2) is 4.39 Å². The van der Waals surface area contributed by atoms with Crippen LogP contribution in [0.4, 0.5) is 15.8 Å². The highest BCUT2D eigenvalue weighted by molar-refractivity contribution is 9.10. The van der Waals surface area contributed by atoms with Crippen LogP contribution in [-0.4, -0.2) is 32.2 Å². The Hall–Kier alpha value is -1.34. The molecule has 0 fully saturated rings. The summed E-state index contributed by atoms with van der Waals surface area (Å²) >= 11 is 3.04. The topological polar surface area (TPSA) is 76.4 Å². The van der Waals surface area contributed by atoms with Gasteiger partial charge < -0.3 is 21.1 Å². The van der Waals surface area contributed by atoms with Crippen molar-refractivity contribution in [2.24, 2.45) is 0 Å². The fourth-order valence-corrected chi connectivity index (χ4v) is 1.78. The first kappa shape index (κ1) is 15.7. The molecule has 106 valence electrons. The standard InChI is InChI=1S/C12H17BrFN3O2/c1-7(12(18)16-3-4-19-2)17-11-6-9(14)8(13)5-10(11)15/h5-7,17H,3-4,15H2,1-2H3,(H,16,18). The molecule has 1 rings (SSSR count). The van der Waals surface area contributed by atoms with Crippen LogP contribution in [0.5, 0.6) is 0 Å². The Bertz CT molecular complexity index is 457. The van der Waals surface area contributed by atoms with Gasteiger partial charge in [0, 0.05) is 19.7 Å². The van der Waals surface area contributed by atoms with E-state index in [1.807, 2.05) is 0 Å². The Morgan fingerprint density at radius 2 is 2.26 bits per heavy atom. The molecule has 7 heteroatoms. The van der Waals surface area contributed by atoms with Gasteiger partial charge in [-0.05, 0) is 28.9 Å². The summed E-state index contributed by atoms with van der Waals surface area (Å²) in [4.78, 5) is 11.7. The van der Waals surface area contributed by atoms with E-state index in [0.717, 1.165) is 0 Å². The summed E-state index contributed by atoms with van der Waals surface area (Å²) in [5, 5.41) is 5.54. The van der Waals surface area contributed by atoms with Gasteiger partial charge in [0.2, 0.25) is 5.91 Å².